The zero-order valence-electron chi connectivity index (χ0n) is 50.7. The number of esters is 1. The quantitative estimate of drug-likeness (QED) is 0.0204. The molecular formula is C62H79N7O22S. The Balaban J connectivity index is 0.931. The molecule has 11 N–H and O–H groups in total. The van der Waals surface area contributed by atoms with Crippen LogP contribution in [0.25, 0.3) is 10.8 Å². The number of hydrogen-bond acceptors (Lipinski definition) is 22. The molecule has 15 atom stereocenters. The van der Waals surface area contributed by atoms with Crippen LogP contribution in [-0.4, -0.2) is 190 Å². The predicted octanol–water partition coefficient (Wildman–Crippen LogP) is 2.37. The van der Waals surface area contributed by atoms with Gasteiger partial charge in [0.25, 0.3) is 21.6 Å². The van der Waals surface area contributed by atoms with E-state index in [2.05, 4.69) is 25.9 Å². The molecule has 14 unspecified atom stereocenters. The number of ether oxygens (including phenoxy) is 6. The van der Waals surface area contributed by atoms with Gasteiger partial charge < -0.3 is 74.7 Å². The minimum atomic E-state index is -4.61. The summed E-state index contributed by atoms with van der Waals surface area (Å²) >= 11 is 0. The van der Waals surface area contributed by atoms with Crippen LogP contribution in [0.4, 0.5) is 5.69 Å². The first kappa shape index (κ1) is 69.1. The summed E-state index contributed by atoms with van der Waals surface area (Å²) in [7, 11) is -4.61. The van der Waals surface area contributed by atoms with Gasteiger partial charge >= 0.3 is 17.6 Å². The lowest BCUT2D eigenvalue weighted by Crippen LogP contribution is -2.65. The molecule has 2 amide bonds. The number of unbranched alkanes of at least 4 members (excludes halogenated alkanes) is 2. The molecule has 500 valence electrons. The highest BCUT2D eigenvalue weighted by molar-refractivity contribution is 7.86. The Morgan fingerprint density at radius 3 is 2.28 bits per heavy atom. The highest BCUT2D eigenvalue weighted by Crippen LogP contribution is 2.39. The van der Waals surface area contributed by atoms with Gasteiger partial charge in [0.2, 0.25) is 5.91 Å². The van der Waals surface area contributed by atoms with Crippen LogP contribution >= 0.6 is 0 Å². The molecule has 4 fully saturated rings. The number of aliphatic hydroxyl groups excluding tert-OH is 5. The van der Waals surface area contributed by atoms with E-state index in [9.17, 15) is 77.2 Å². The lowest BCUT2D eigenvalue weighted by Gasteiger charge is -2.49. The fourth-order valence-electron chi connectivity index (χ4n) is 12.5. The van der Waals surface area contributed by atoms with Crippen molar-refractivity contribution in [3.05, 3.63) is 116 Å². The lowest BCUT2D eigenvalue weighted by atomic mass is 9.78. The van der Waals surface area contributed by atoms with Crippen molar-refractivity contribution in [3.63, 3.8) is 0 Å². The van der Waals surface area contributed by atoms with Crippen molar-refractivity contribution >= 4 is 56.1 Å². The first-order valence-corrected chi connectivity index (χ1v) is 32.3. The van der Waals surface area contributed by atoms with Crippen molar-refractivity contribution in [2.45, 2.75) is 207 Å². The van der Waals surface area contributed by atoms with Gasteiger partial charge in [-0.15, -0.1) is 5.10 Å². The van der Waals surface area contributed by atoms with Gasteiger partial charge in [-0.05, 0) is 106 Å². The van der Waals surface area contributed by atoms with Crippen molar-refractivity contribution < 1.29 is 96.0 Å². The van der Waals surface area contributed by atoms with E-state index < -0.39 is 143 Å². The standard InChI is InChI=1S/C62H79N7O22S/c1-32-24-36-18-13-20-39(49(36)46(25-32)92(83,84)85)63-47(72)22-11-12-23-69-30-38(67-68-69)19-9-10-21-42(71)37-27-40(64-57(78)41-29-48(73)66-62(82)65-41)54(91-60-53(77)52(76)50(74)33(2)86-60)43(28-37)88-61-56(90-59(81)35-16-7-4-8-17-35)55(51(75)45(31-70)89-61)87-44(58(79)80)26-34-14-5-3-6-15-34/h4,7-8,13,16-18,20,24-25,29-30,33-34,37,40,43-45,50-56,60-61,70,74-77H,3,5-6,9-12,14-15,19,21-23,26-28,31H2,1-2H3,(H,63,72)(H,64,78)(H,79,80)(H,83,84,85)(H2,65,66,73,82)/t33?,37?,40?,43?,44-,45?,50?,51?,52?,53?,54?,55?,56?,60?,61?/m0/s1. The average Bonchev–Trinajstić information content (AvgIpc) is 0.893. The number of carboxylic acid groups (broad SMARTS) is 1. The number of carbonyl (C=O) groups excluding carboxylic acids is 4. The molecule has 2 aromatic heterocycles. The zero-order valence-corrected chi connectivity index (χ0v) is 51.5. The summed E-state index contributed by atoms with van der Waals surface area (Å²) in [5.74, 6) is -5.24. The monoisotopic (exact) mass is 1310 g/mol. The molecule has 9 rings (SSSR count). The number of nitrogens with one attached hydrogen (secondary N) is 4. The highest BCUT2D eigenvalue weighted by atomic mass is 32.2. The Morgan fingerprint density at radius 1 is 0.815 bits per heavy atom. The van der Waals surface area contributed by atoms with Gasteiger partial charge in [0, 0.05) is 48.6 Å². The van der Waals surface area contributed by atoms with Gasteiger partial charge in [0.05, 0.1) is 36.1 Å². The van der Waals surface area contributed by atoms with Crippen molar-refractivity contribution in [1.82, 2.24) is 30.3 Å². The SMILES string of the molecule is Cc1cc(S(=O)(=O)O)c2c(NC(=O)CCCCn3cc(CCCCC(=O)C4CC(NC(=O)c5cc(=O)[nH]c(=O)[nH]5)C(OC5OC(C)C(O)C(O)C5O)C(OC5OC(CO)C(O)C(O[C@@H](CC6CCCCC6)C(=O)O)C5OC(=O)c5ccccc5)C4)nn3)cccc2c1. The number of aliphatic carboxylic acids is 1. The number of amides is 2. The summed E-state index contributed by atoms with van der Waals surface area (Å²) in [5.41, 5.74) is -1.01. The molecule has 29 nitrogen and oxygen atoms in total. The first-order chi connectivity index (χ1) is 43.9. The number of carbonyl (C=O) groups is 5. The van der Waals surface area contributed by atoms with Crippen molar-refractivity contribution in [1.29, 1.82) is 0 Å². The van der Waals surface area contributed by atoms with E-state index in [1.54, 1.807) is 60.3 Å². The fraction of sp³-hybridized carbons (Fsp3) is 0.565. The molecule has 0 bridgehead atoms. The minimum absolute atomic E-state index is 0.0151. The van der Waals surface area contributed by atoms with E-state index >= 15 is 0 Å². The Hall–Kier alpha value is -7.20. The normalized spacial score (nSPS) is 27.4. The number of fused-ring (bicyclic) bond motifs is 1. The van der Waals surface area contributed by atoms with E-state index in [1.165, 1.54) is 25.1 Å². The average molecular weight is 1310 g/mol. The Kier molecular flexibility index (Phi) is 23.4. The topological polar surface area (TPSA) is 437 Å². The molecule has 0 radical (unpaired) electrons. The third-order valence-electron chi connectivity index (χ3n) is 17.3. The molecule has 30 heteroatoms. The fourth-order valence-corrected chi connectivity index (χ4v) is 13.4. The zero-order chi connectivity index (χ0) is 66.0. The molecule has 0 spiro atoms. The van der Waals surface area contributed by atoms with E-state index in [4.69, 9.17) is 28.4 Å². The number of aliphatic hydroxyl groups is 5. The first-order valence-electron chi connectivity index (χ1n) is 30.9. The molecule has 92 heavy (non-hydrogen) atoms. The molecule has 4 aliphatic rings. The number of nitrogens with zero attached hydrogens (tertiary/aromatic N) is 3. The smallest absolute Gasteiger partial charge is 0.338 e. The number of anilines is 1. The Labute approximate surface area is 527 Å². The maximum absolute atomic E-state index is 14.7. The van der Waals surface area contributed by atoms with Crippen molar-refractivity contribution in [3.8, 4) is 0 Å². The number of hydrogen-bond donors (Lipinski definition) is 11. The second-order valence-electron chi connectivity index (χ2n) is 24.1. The number of ketones is 1. The summed E-state index contributed by atoms with van der Waals surface area (Å²) < 4.78 is 73.7. The van der Waals surface area contributed by atoms with E-state index in [-0.39, 0.29) is 71.2 Å². The Morgan fingerprint density at radius 2 is 1.57 bits per heavy atom. The van der Waals surface area contributed by atoms with Gasteiger partial charge in [-0.1, -0.05) is 73.7 Å². The summed E-state index contributed by atoms with van der Waals surface area (Å²) in [5, 5.41) is 80.9. The van der Waals surface area contributed by atoms with Crippen LogP contribution in [0.2, 0.25) is 0 Å². The van der Waals surface area contributed by atoms with Gasteiger partial charge in [0.15, 0.2) is 24.8 Å². The summed E-state index contributed by atoms with van der Waals surface area (Å²) in [6.45, 7) is 2.58. The number of aromatic amines is 2. The van der Waals surface area contributed by atoms with E-state index in [0.717, 1.165) is 25.3 Å². The molecule has 2 saturated heterocycles. The number of rotatable bonds is 27. The number of H-pyrrole nitrogens is 2. The largest absolute Gasteiger partial charge is 0.479 e. The van der Waals surface area contributed by atoms with Gasteiger partial charge in [-0.25, -0.2) is 14.4 Å². The van der Waals surface area contributed by atoms with E-state index in [0.29, 0.717) is 68.1 Å². The van der Waals surface area contributed by atoms with Crippen LogP contribution in [0.15, 0.2) is 87.4 Å². The van der Waals surface area contributed by atoms with Crippen LogP contribution in [0.5, 0.6) is 0 Å². The van der Waals surface area contributed by atoms with Crippen LogP contribution in [0.3, 0.4) is 0 Å². The Bertz CT molecular complexity index is 3590. The molecular weight excluding hydrogens is 1230 g/mol. The highest BCUT2D eigenvalue weighted by Gasteiger charge is 2.54. The van der Waals surface area contributed by atoms with Gasteiger partial charge in [0.1, 0.15) is 59.1 Å². The predicted molar refractivity (Wildman–Crippen MR) is 322 cm³/mol. The second-order valence-corrected chi connectivity index (χ2v) is 25.5. The molecule has 2 aliphatic heterocycles. The third kappa shape index (κ3) is 17.5. The van der Waals surface area contributed by atoms with Crippen molar-refractivity contribution in [2.75, 3.05) is 11.9 Å². The second kappa shape index (κ2) is 31.2. The van der Waals surface area contributed by atoms with Gasteiger partial charge in [-0.2, -0.15) is 8.42 Å². The summed E-state index contributed by atoms with van der Waals surface area (Å²) in [4.78, 5) is 97.9. The maximum Gasteiger partial charge on any atom is 0.338 e. The summed E-state index contributed by atoms with van der Waals surface area (Å²) in [6, 6.07) is 15.0. The summed E-state index contributed by atoms with van der Waals surface area (Å²) in [6.07, 6.45) is -14.5. The minimum Gasteiger partial charge on any atom is -0.479 e. The number of carboxylic acids is 1. The van der Waals surface area contributed by atoms with Crippen LogP contribution in [0, 0.1) is 18.8 Å². The van der Waals surface area contributed by atoms with Crippen LogP contribution < -0.4 is 21.9 Å². The molecule has 4 heterocycles. The maximum atomic E-state index is 14.7. The molecule has 3 aromatic carbocycles. The number of aromatic nitrogens is 5. The molecule has 5 aromatic rings. The number of benzene rings is 3. The van der Waals surface area contributed by atoms with Gasteiger partial charge in [-0.3, -0.25) is 33.4 Å². The number of Topliss-reactive ketones (excluding diaryl/α,β-unsaturated/α-hetero) is 1. The molecule has 2 saturated carbocycles. The number of aryl methyl sites for hydroxylation is 3. The van der Waals surface area contributed by atoms with Crippen molar-refractivity contribution in [2.24, 2.45) is 11.8 Å². The molecule has 2 aliphatic carbocycles. The third-order valence-corrected chi connectivity index (χ3v) is 18.2. The van der Waals surface area contributed by atoms with Crippen LogP contribution in [-0.2, 0) is 65.9 Å². The van der Waals surface area contributed by atoms with Crippen LogP contribution in [0.1, 0.15) is 129 Å². The lowest BCUT2D eigenvalue weighted by molar-refractivity contribution is -0.347. The van der Waals surface area contributed by atoms with E-state index in [1.807, 2.05) is 4.98 Å².